The van der Waals surface area contributed by atoms with Crippen LogP contribution in [0.2, 0.25) is 0 Å². The van der Waals surface area contributed by atoms with Crippen molar-refractivity contribution in [1.29, 1.82) is 0 Å². The maximum atomic E-state index is 2.41. The van der Waals surface area contributed by atoms with Gasteiger partial charge in [-0.15, -0.1) is 0 Å². The summed E-state index contributed by atoms with van der Waals surface area (Å²) in [6, 6.07) is 19.6. The molecule has 0 bridgehead atoms. The molecule has 0 heterocycles. The number of benzene rings is 2. The van der Waals surface area contributed by atoms with Gasteiger partial charge < -0.3 is 9.80 Å². The Kier molecular flexibility index (Phi) is 5.82. The molecule has 2 nitrogen and oxygen atoms in total. The lowest BCUT2D eigenvalue weighted by Gasteiger charge is -2.17. The Morgan fingerprint density at radius 3 is 1.71 bits per heavy atom. The molecule has 0 saturated heterocycles. The number of rotatable bonds is 7. The van der Waals surface area contributed by atoms with E-state index in [2.05, 4.69) is 85.5 Å². The Hall–Kier alpha value is -1.80. The highest BCUT2D eigenvalue weighted by molar-refractivity contribution is 5.46. The van der Waals surface area contributed by atoms with E-state index in [0.717, 1.165) is 25.9 Å². The fourth-order valence-electron chi connectivity index (χ4n) is 2.36. The predicted octanol–water partition coefficient (Wildman–Crippen LogP) is 3.47. The molecule has 0 aliphatic carbocycles. The number of nitrogens with zero attached hydrogens (tertiary/aromatic N) is 2. The molecule has 2 heteroatoms. The minimum absolute atomic E-state index is 1.11. The van der Waals surface area contributed by atoms with Gasteiger partial charge in [0.15, 0.2) is 0 Å². The molecular formula is C19H26N2. The van der Waals surface area contributed by atoms with Crippen molar-refractivity contribution in [3.05, 3.63) is 65.7 Å². The minimum Gasteiger partial charge on any atom is -0.378 e. The first kappa shape index (κ1) is 15.6. The molecule has 0 aliphatic heterocycles. The lowest BCUT2D eigenvalue weighted by atomic mass is 10.1. The summed E-state index contributed by atoms with van der Waals surface area (Å²) in [5.41, 5.74) is 4.09. The molecule has 0 unspecified atom stereocenters. The molecule has 2 rings (SSSR count). The Balaban J connectivity index is 1.74. The molecule has 0 aromatic heterocycles. The molecule has 21 heavy (non-hydrogen) atoms. The second-order valence-corrected chi connectivity index (χ2v) is 5.85. The van der Waals surface area contributed by atoms with E-state index in [4.69, 9.17) is 0 Å². The topological polar surface area (TPSA) is 6.48 Å². The van der Waals surface area contributed by atoms with E-state index in [1.165, 1.54) is 16.8 Å². The molecule has 2 aromatic rings. The first-order chi connectivity index (χ1) is 10.1. The standard InChI is InChI=1S/C19H26N2/c1-20(2)19-11-9-18(10-12-19)14-16-21(3)15-13-17-7-5-4-6-8-17/h4-12H,13-16H2,1-3H3. The van der Waals surface area contributed by atoms with Crippen molar-refractivity contribution >= 4 is 5.69 Å². The third-order valence-corrected chi connectivity index (χ3v) is 3.86. The summed E-state index contributed by atoms with van der Waals surface area (Å²) in [5, 5.41) is 0. The van der Waals surface area contributed by atoms with Gasteiger partial charge in [0.05, 0.1) is 0 Å². The van der Waals surface area contributed by atoms with Gasteiger partial charge in [-0.2, -0.15) is 0 Å². The van der Waals surface area contributed by atoms with Crippen LogP contribution in [0.1, 0.15) is 11.1 Å². The second kappa shape index (κ2) is 7.84. The van der Waals surface area contributed by atoms with Crippen molar-refractivity contribution < 1.29 is 0 Å². The van der Waals surface area contributed by atoms with Crippen LogP contribution in [-0.2, 0) is 12.8 Å². The lowest BCUT2D eigenvalue weighted by molar-refractivity contribution is 0.343. The average Bonchev–Trinajstić information content (AvgIpc) is 2.52. The van der Waals surface area contributed by atoms with Crippen LogP contribution in [0.5, 0.6) is 0 Å². The van der Waals surface area contributed by atoms with Gasteiger partial charge in [0.1, 0.15) is 0 Å². The maximum Gasteiger partial charge on any atom is 0.0361 e. The first-order valence-electron chi connectivity index (χ1n) is 7.64. The zero-order chi connectivity index (χ0) is 15.1. The highest BCUT2D eigenvalue weighted by atomic mass is 15.1. The normalized spacial score (nSPS) is 10.9. The van der Waals surface area contributed by atoms with Crippen LogP contribution in [0.25, 0.3) is 0 Å². The predicted molar refractivity (Wildman–Crippen MR) is 92.1 cm³/mol. The summed E-state index contributed by atoms with van der Waals surface area (Å²) in [7, 11) is 6.36. The number of hydrogen-bond acceptors (Lipinski definition) is 2. The van der Waals surface area contributed by atoms with E-state index in [9.17, 15) is 0 Å². The fraction of sp³-hybridized carbons (Fsp3) is 0.368. The molecule has 112 valence electrons. The third-order valence-electron chi connectivity index (χ3n) is 3.86. The van der Waals surface area contributed by atoms with E-state index in [1.807, 2.05) is 0 Å². The average molecular weight is 282 g/mol. The monoisotopic (exact) mass is 282 g/mol. The largest absolute Gasteiger partial charge is 0.378 e. The lowest BCUT2D eigenvalue weighted by Crippen LogP contribution is -2.23. The zero-order valence-corrected chi connectivity index (χ0v) is 13.4. The molecule has 0 spiro atoms. The van der Waals surface area contributed by atoms with Crippen molar-refractivity contribution in [3.63, 3.8) is 0 Å². The summed E-state index contributed by atoms with van der Waals surface area (Å²) < 4.78 is 0. The number of anilines is 1. The van der Waals surface area contributed by atoms with Crippen molar-refractivity contribution in [2.45, 2.75) is 12.8 Å². The van der Waals surface area contributed by atoms with Gasteiger partial charge in [-0.1, -0.05) is 42.5 Å². The van der Waals surface area contributed by atoms with E-state index < -0.39 is 0 Å². The highest BCUT2D eigenvalue weighted by Gasteiger charge is 2.01. The second-order valence-electron chi connectivity index (χ2n) is 5.85. The Labute approximate surface area is 129 Å². The molecule has 0 aliphatic rings. The van der Waals surface area contributed by atoms with Gasteiger partial charge in [0.25, 0.3) is 0 Å². The van der Waals surface area contributed by atoms with Gasteiger partial charge >= 0.3 is 0 Å². The van der Waals surface area contributed by atoms with Gasteiger partial charge in [0, 0.05) is 32.9 Å². The van der Waals surface area contributed by atoms with Gasteiger partial charge in [-0.25, -0.2) is 0 Å². The summed E-state index contributed by atoms with van der Waals surface area (Å²) in [4.78, 5) is 4.54. The van der Waals surface area contributed by atoms with Gasteiger partial charge in [-0.05, 0) is 43.1 Å². The van der Waals surface area contributed by atoms with Crippen molar-refractivity contribution in [2.75, 3.05) is 39.1 Å². The van der Waals surface area contributed by atoms with Crippen LogP contribution in [0.15, 0.2) is 54.6 Å². The molecule has 0 saturated carbocycles. The van der Waals surface area contributed by atoms with Gasteiger partial charge in [-0.3, -0.25) is 0 Å². The summed E-state index contributed by atoms with van der Waals surface area (Å²) in [5.74, 6) is 0. The fourth-order valence-corrected chi connectivity index (χ4v) is 2.36. The smallest absolute Gasteiger partial charge is 0.0361 e. The molecule has 0 radical (unpaired) electrons. The van der Waals surface area contributed by atoms with Crippen LogP contribution in [0, 0.1) is 0 Å². The van der Waals surface area contributed by atoms with E-state index >= 15 is 0 Å². The first-order valence-corrected chi connectivity index (χ1v) is 7.64. The summed E-state index contributed by atoms with van der Waals surface area (Å²) in [6.07, 6.45) is 2.23. The molecule has 0 fully saturated rings. The minimum atomic E-state index is 1.11. The van der Waals surface area contributed by atoms with Gasteiger partial charge in [0.2, 0.25) is 0 Å². The third kappa shape index (κ3) is 5.24. The Morgan fingerprint density at radius 1 is 0.667 bits per heavy atom. The highest BCUT2D eigenvalue weighted by Crippen LogP contribution is 2.12. The van der Waals surface area contributed by atoms with Crippen LogP contribution in [0.3, 0.4) is 0 Å². The van der Waals surface area contributed by atoms with Crippen LogP contribution >= 0.6 is 0 Å². The van der Waals surface area contributed by atoms with E-state index in [0.29, 0.717) is 0 Å². The molecule has 0 atom stereocenters. The SMILES string of the molecule is CN(CCc1ccccc1)CCc1ccc(N(C)C)cc1. The van der Waals surface area contributed by atoms with E-state index in [-0.39, 0.29) is 0 Å². The summed E-state index contributed by atoms with van der Waals surface area (Å²) >= 11 is 0. The van der Waals surface area contributed by atoms with Crippen molar-refractivity contribution in [1.82, 2.24) is 4.90 Å². The van der Waals surface area contributed by atoms with Crippen LogP contribution < -0.4 is 4.90 Å². The molecular weight excluding hydrogens is 256 g/mol. The van der Waals surface area contributed by atoms with Crippen molar-refractivity contribution in [3.8, 4) is 0 Å². The van der Waals surface area contributed by atoms with E-state index in [1.54, 1.807) is 0 Å². The van der Waals surface area contributed by atoms with Crippen LogP contribution in [-0.4, -0.2) is 39.1 Å². The molecule has 2 aromatic carbocycles. The quantitative estimate of drug-likeness (QED) is 0.767. The maximum absolute atomic E-state index is 2.41. The number of likely N-dealkylation sites (N-methyl/N-ethyl adjacent to an activating group) is 1. The Bertz CT molecular complexity index is 517. The van der Waals surface area contributed by atoms with Crippen molar-refractivity contribution in [2.24, 2.45) is 0 Å². The van der Waals surface area contributed by atoms with Crippen LogP contribution in [0.4, 0.5) is 5.69 Å². The number of hydrogen-bond donors (Lipinski definition) is 0. The molecule has 0 amide bonds. The summed E-state index contributed by atoms with van der Waals surface area (Å²) in [6.45, 7) is 2.22. The Morgan fingerprint density at radius 2 is 1.19 bits per heavy atom. The molecule has 0 N–H and O–H groups in total. The zero-order valence-electron chi connectivity index (χ0n) is 13.4.